The van der Waals surface area contributed by atoms with E-state index in [0.717, 1.165) is 0 Å². The maximum atomic E-state index is 12.8. The van der Waals surface area contributed by atoms with Crippen LogP contribution in [0.4, 0.5) is 4.39 Å². The topological polar surface area (TPSA) is 38.9 Å². The molecule has 3 heteroatoms. The monoisotopic (exact) mass is 164 g/mol. The fourth-order valence-corrected chi connectivity index (χ4v) is 0.792. The summed E-state index contributed by atoms with van der Waals surface area (Å²) in [5.74, 6) is 4.94. The van der Waals surface area contributed by atoms with Crippen LogP contribution in [-0.4, -0.2) is 11.5 Å². The number of hydrogen-bond acceptors (Lipinski definition) is 2. The highest BCUT2D eigenvalue weighted by molar-refractivity contribution is 5.39. The molecule has 0 aliphatic rings. The summed E-state index contributed by atoms with van der Waals surface area (Å²) >= 11 is 0. The molecule has 1 heterocycles. The van der Waals surface area contributed by atoms with Gasteiger partial charge in [0, 0.05) is 17.3 Å². The van der Waals surface area contributed by atoms with Crippen molar-refractivity contribution in [3.8, 4) is 11.8 Å². The van der Waals surface area contributed by atoms with E-state index >= 15 is 0 Å². The molecule has 12 heavy (non-hydrogen) atoms. The molecule has 0 radical (unpaired) electrons. The van der Waals surface area contributed by atoms with E-state index in [1.165, 1.54) is 6.20 Å². The van der Waals surface area contributed by atoms with E-state index in [-0.39, 0.29) is 6.54 Å². The van der Waals surface area contributed by atoms with Gasteiger partial charge in [0.25, 0.3) is 0 Å². The maximum Gasteiger partial charge on any atom is 0.216 e. The van der Waals surface area contributed by atoms with Gasteiger partial charge < -0.3 is 5.73 Å². The summed E-state index contributed by atoms with van der Waals surface area (Å²) in [6.45, 7) is 1.92. The number of aromatic nitrogens is 1. The Morgan fingerprint density at radius 2 is 2.42 bits per heavy atom. The summed E-state index contributed by atoms with van der Waals surface area (Å²) in [6.07, 6.45) is 1.39. The Hall–Kier alpha value is -1.40. The highest BCUT2D eigenvalue weighted by atomic mass is 19.1. The van der Waals surface area contributed by atoms with Gasteiger partial charge in [0.1, 0.15) is 0 Å². The van der Waals surface area contributed by atoms with Crippen LogP contribution in [0.3, 0.4) is 0 Å². The van der Waals surface area contributed by atoms with Crippen molar-refractivity contribution in [3.05, 3.63) is 29.3 Å². The van der Waals surface area contributed by atoms with Gasteiger partial charge in [-0.1, -0.05) is 11.8 Å². The van der Waals surface area contributed by atoms with E-state index in [4.69, 9.17) is 5.73 Å². The Labute approximate surface area is 70.6 Å². The molecular weight excluding hydrogens is 155 g/mol. The lowest BCUT2D eigenvalue weighted by atomic mass is 10.1. The van der Waals surface area contributed by atoms with Crippen molar-refractivity contribution in [3.63, 3.8) is 0 Å². The molecule has 0 bridgehead atoms. The highest BCUT2D eigenvalue weighted by Gasteiger charge is 2.00. The molecule has 1 aromatic heterocycles. The molecule has 2 N–H and O–H groups in total. The van der Waals surface area contributed by atoms with Crippen molar-refractivity contribution >= 4 is 0 Å². The molecule has 1 rings (SSSR count). The number of rotatable bonds is 0. The van der Waals surface area contributed by atoms with Crippen molar-refractivity contribution in [1.29, 1.82) is 0 Å². The first-order chi connectivity index (χ1) is 5.75. The lowest BCUT2D eigenvalue weighted by Crippen LogP contribution is -1.95. The third kappa shape index (κ3) is 1.80. The molecule has 0 unspecified atom stereocenters. The first-order valence-electron chi connectivity index (χ1n) is 3.55. The summed E-state index contributed by atoms with van der Waals surface area (Å²) in [4.78, 5) is 3.48. The SMILES string of the molecule is Cc1c(C#CCN)ccnc1F. The van der Waals surface area contributed by atoms with Gasteiger partial charge in [0.2, 0.25) is 5.95 Å². The van der Waals surface area contributed by atoms with Gasteiger partial charge in [0.05, 0.1) is 6.54 Å². The fraction of sp³-hybridized carbons (Fsp3) is 0.222. The van der Waals surface area contributed by atoms with Crippen LogP contribution in [0.1, 0.15) is 11.1 Å². The Morgan fingerprint density at radius 1 is 1.67 bits per heavy atom. The van der Waals surface area contributed by atoms with Crippen LogP contribution in [0.5, 0.6) is 0 Å². The molecular formula is C9H9FN2. The van der Waals surface area contributed by atoms with Crippen LogP contribution in [0, 0.1) is 24.7 Å². The minimum atomic E-state index is -0.473. The van der Waals surface area contributed by atoms with Crippen LogP contribution in [0.2, 0.25) is 0 Å². The third-order valence-corrected chi connectivity index (χ3v) is 1.47. The van der Waals surface area contributed by atoms with Crippen molar-refractivity contribution in [2.75, 3.05) is 6.54 Å². The number of halogens is 1. The average Bonchev–Trinajstić information content (AvgIpc) is 2.08. The van der Waals surface area contributed by atoms with Crippen molar-refractivity contribution in [1.82, 2.24) is 4.98 Å². The summed E-state index contributed by atoms with van der Waals surface area (Å²) < 4.78 is 12.8. The van der Waals surface area contributed by atoms with Crippen LogP contribution in [0.25, 0.3) is 0 Å². The molecule has 2 nitrogen and oxygen atoms in total. The van der Waals surface area contributed by atoms with Gasteiger partial charge in [-0.3, -0.25) is 0 Å². The zero-order valence-electron chi connectivity index (χ0n) is 6.76. The Morgan fingerprint density at radius 3 is 3.08 bits per heavy atom. The quantitative estimate of drug-likeness (QED) is 0.456. The standard InChI is InChI=1S/C9H9FN2/c1-7-8(3-2-5-11)4-6-12-9(7)10/h4,6H,5,11H2,1H3. The predicted molar refractivity (Wildman–Crippen MR) is 44.9 cm³/mol. The second-order valence-corrected chi connectivity index (χ2v) is 2.28. The molecule has 1 aromatic rings. The second-order valence-electron chi connectivity index (χ2n) is 2.28. The third-order valence-electron chi connectivity index (χ3n) is 1.47. The molecule has 0 aliphatic heterocycles. The summed E-state index contributed by atoms with van der Waals surface area (Å²) in [6, 6.07) is 1.67. The van der Waals surface area contributed by atoms with Gasteiger partial charge in [-0.25, -0.2) is 4.98 Å². The Balaban J connectivity index is 3.08. The van der Waals surface area contributed by atoms with E-state index in [0.29, 0.717) is 11.1 Å². The van der Waals surface area contributed by atoms with Gasteiger partial charge in [-0.05, 0) is 13.0 Å². The molecule has 62 valence electrons. The lowest BCUT2D eigenvalue weighted by molar-refractivity contribution is 0.574. The second kappa shape index (κ2) is 3.84. The lowest BCUT2D eigenvalue weighted by Gasteiger charge is -1.96. The molecule has 0 spiro atoms. The average molecular weight is 164 g/mol. The van der Waals surface area contributed by atoms with Crippen LogP contribution >= 0.6 is 0 Å². The number of pyridine rings is 1. The number of nitrogens with zero attached hydrogens (tertiary/aromatic N) is 1. The highest BCUT2D eigenvalue weighted by Crippen LogP contribution is 2.07. The van der Waals surface area contributed by atoms with E-state index in [2.05, 4.69) is 16.8 Å². The molecule has 0 amide bonds. The molecule has 0 aromatic carbocycles. The molecule has 0 saturated heterocycles. The maximum absolute atomic E-state index is 12.8. The minimum Gasteiger partial charge on any atom is -0.320 e. The van der Waals surface area contributed by atoms with E-state index < -0.39 is 5.95 Å². The zero-order chi connectivity index (χ0) is 8.97. The Bertz CT molecular complexity index is 336. The van der Waals surface area contributed by atoms with Crippen LogP contribution in [0.15, 0.2) is 12.3 Å². The van der Waals surface area contributed by atoms with Gasteiger partial charge in [-0.2, -0.15) is 4.39 Å². The molecule has 0 atom stereocenters. The van der Waals surface area contributed by atoms with Crippen molar-refractivity contribution in [2.45, 2.75) is 6.92 Å². The first-order valence-corrected chi connectivity index (χ1v) is 3.55. The molecule has 0 fully saturated rings. The van der Waals surface area contributed by atoms with Crippen LogP contribution in [-0.2, 0) is 0 Å². The van der Waals surface area contributed by atoms with E-state index in [9.17, 15) is 4.39 Å². The number of nitrogens with two attached hydrogens (primary N) is 1. The van der Waals surface area contributed by atoms with Crippen molar-refractivity contribution in [2.24, 2.45) is 5.73 Å². The van der Waals surface area contributed by atoms with Gasteiger partial charge in [-0.15, -0.1) is 0 Å². The smallest absolute Gasteiger partial charge is 0.216 e. The van der Waals surface area contributed by atoms with Gasteiger partial charge >= 0.3 is 0 Å². The normalized spacial score (nSPS) is 8.92. The Kier molecular flexibility index (Phi) is 2.78. The predicted octanol–water partition coefficient (Wildman–Crippen LogP) is 0.839. The van der Waals surface area contributed by atoms with Gasteiger partial charge in [0.15, 0.2) is 0 Å². The minimum absolute atomic E-state index is 0.281. The van der Waals surface area contributed by atoms with Crippen molar-refractivity contribution < 1.29 is 4.39 Å². The largest absolute Gasteiger partial charge is 0.320 e. The summed E-state index contributed by atoms with van der Waals surface area (Å²) in [5, 5.41) is 0. The molecule has 0 saturated carbocycles. The first kappa shape index (κ1) is 8.69. The van der Waals surface area contributed by atoms with E-state index in [1.54, 1.807) is 13.0 Å². The number of hydrogen-bond donors (Lipinski definition) is 1. The summed E-state index contributed by atoms with van der Waals surface area (Å²) in [5.41, 5.74) is 6.30. The summed E-state index contributed by atoms with van der Waals surface area (Å²) in [7, 11) is 0. The van der Waals surface area contributed by atoms with Crippen LogP contribution < -0.4 is 5.73 Å². The zero-order valence-corrected chi connectivity index (χ0v) is 6.76. The van der Waals surface area contributed by atoms with E-state index in [1.807, 2.05) is 0 Å². The molecule has 0 aliphatic carbocycles. The fourth-order valence-electron chi connectivity index (χ4n) is 0.792.